The molecule has 0 aliphatic heterocycles. The van der Waals surface area contributed by atoms with Crippen LogP contribution in [0.1, 0.15) is 17.0 Å². The van der Waals surface area contributed by atoms with Crippen LogP contribution in [0.2, 0.25) is 0 Å². The van der Waals surface area contributed by atoms with Gasteiger partial charge in [-0.05, 0) is 39.8 Å². The number of nitrogens with zero attached hydrogens (tertiary/aromatic N) is 1. The molecule has 1 unspecified atom stereocenters. The van der Waals surface area contributed by atoms with Gasteiger partial charge in [-0.1, -0.05) is 72.8 Å². The Labute approximate surface area is 148 Å². The van der Waals surface area contributed by atoms with Gasteiger partial charge in [0.25, 0.3) is 0 Å². The van der Waals surface area contributed by atoms with E-state index in [1.807, 2.05) is 20.2 Å². The van der Waals surface area contributed by atoms with Gasteiger partial charge in [-0.15, -0.1) is 0 Å². The lowest BCUT2D eigenvalue weighted by molar-refractivity contribution is -0.130. The fourth-order valence-corrected chi connectivity index (χ4v) is 3.71. The molecule has 0 aromatic heterocycles. The summed E-state index contributed by atoms with van der Waals surface area (Å²) >= 11 is 0. The summed E-state index contributed by atoms with van der Waals surface area (Å²) in [7, 11) is 3.66. The van der Waals surface area contributed by atoms with Crippen molar-refractivity contribution in [1.82, 2.24) is 4.90 Å². The molecule has 3 aromatic rings. The minimum Gasteiger partial charge on any atom is -0.348 e. The van der Waals surface area contributed by atoms with E-state index in [4.69, 9.17) is 0 Å². The number of amides is 1. The number of likely N-dealkylation sites (N-methyl/N-ethyl adjacent to an activating group) is 1. The van der Waals surface area contributed by atoms with Crippen molar-refractivity contribution in [3.63, 3.8) is 0 Å². The van der Waals surface area contributed by atoms with E-state index in [0.717, 1.165) is 6.42 Å². The predicted molar refractivity (Wildman–Crippen MR) is 102 cm³/mol. The van der Waals surface area contributed by atoms with Gasteiger partial charge in [0.2, 0.25) is 5.91 Å². The number of carbonyl (C=O) groups excluding carboxylic acids is 1. The van der Waals surface area contributed by atoms with Crippen molar-refractivity contribution in [2.24, 2.45) is 0 Å². The van der Waals surface area contributed by atoms with E-state index in [9.17, 15) is 4.79 Å². The van der Waals surface area contributed by atoms with E-state index in [1.165, 1.54) is 33.4 Å². The second kappa shape index (κ2) is 6.21. The van der Waals surface area contributed by atoms with Crippen LogP contribution in [0.15, 0.2) is 72.8 Å². The molecule has 1 amide bonds. The quantitative estimate of drug-likeness (QED) is 0.680. The molecule has 4 rings (SSSR count). The Morgan fingerprint density at radius 1 is 0.800 bits per heavy atom. The minimum absolute atomic E-state index is 0.00818. The van der Waals surface area contributed by atoms with Crippen LogP contribution in [-0.2, 0) is 11.2 Å². The van der Waals surface area contributed by atoms with E-state index < -0.39 is 0 Å². The summed E-state index contributed by atoms with van der Waals surface area (Å²) < 4.78 is 0. The van der Waals surface area contributed by atoms with E-state index in [0.29, 0.717) is 0 Å². The van der Waals surface area contributed by atoms with Gasteiger partial charge in [0.15, 0.2) is 0 Å². The first kappa shape index (κ1) is 15.6. The van der Waals surface area contributed by atoms with Crippen molar-refractivity contribution in [2.45, 2.75) is 12.3 Å². The highest BCUT2D eigenvalue weighted by Gasteiger charge is 2.35. The summed E-state index contributed by atoms with van der Waals surface area (Å²) in [5.74, 6) is 0.204. The monoisotopic (exact) mass is 327 g/mol. The summed E-state index contributed by atoms with van der Waals surface area (Å²) in [5, 5.41) is 0. The number of benzene rings is 3. The maximum atomic E-state index is 12.3. The summed E-state index contributed by atoms with van der Waals surface area (Å²) in [6.45, 7) is 0. The Hall–Kier alpha value is -2.87. The number of rotatable bonds is 3. The van der Waals surface area contributed by atoms with Gasteiger partial charge in [0.1, 0.15) is 0 Å². The fraction of sp³-hybridized carbons (Fsp3) is 0.174. The zero-order chi connectivity index (χ0) is 17.4. The molecular weight excluding hydrogens is 306 g/mol. The van der Waals surface area contributed by atoms with Crippen LogP contribution >= 0.6 is 0 Å². The van der Waals surface area contributed by atoms with Crippen molar-refractivity contribution in [2.75, 3.05) is 14.1 Å². The Bertz CT molecular complexity index is 928. The smallest absolute Gasteiger partial charge is 0.229 e. The first-order valence-electron chi connectivity index (χ1n) is 8.64. The lowest BCUT2D eigenvalue weighted by Gasteiger charge is -2.33. The zero-order valence-electron chi connectivity index (χ0n) is 14.6. The normalized spacial score (nSPS) is 15.2. The topological polar surface area (TPSA) is 20.3 Å². The highest BCUT2D eigenvalue weighted by atomic mass is 16.2. The van der Waals surface area contributed by atoms with Crippen molar-refractivity contribution in [3.05, 3.63) is 83.9 Å². The molecule has 2 nitrogen and oxygen atoms in total. The van der Waals surface area contributed by atoms with Crippen LogP contribution in [0.3, 0.4) is 0 Å². The first-order valence-corrected chi connectivity index (χ1v) is 8.64. The third kappa shape index (κ3) is 2.64. The molecule has 3 aromatic carbocycles. The molecule has 0 heterocycles. The molecule has 0 N–H and O–H groups in total. The van der Waals surface area contributed by atoms with Crippen LogP contribution in [0, 0.1) is 0 Å². The molecule has 2 heteroatoms. The van der Waals surface area contributed by atoms with Crippen molar-refractivity contribution in [3.8, 4) is 22.3 Å². The Kier molecular flexibility index (Phi) is 3.89. The molecule has 1 aliphatic carbocycles. The molecule has 0 bridgehead atoms. The first-order chi connectivity index (χ1) is 12.2. The standard InChI is InChI=1S/C23H21NO/c1-24(2)23(25)22-15-21-19(13-8-14-20(21)22)18-12-7-6-11-17(18)16-9-4-3-5-10-16/h3-14,22H,15H2,1-2H3. The van der Waals surface area contributed by atoms with E-state index in [1.54, 1.807) is 4.90 Å². The maximum Gasteiger partial charge on any atom is 0.229 e. The molecule has 0 radical (unpaired) electrons. The minimum atomic E-state index is 0.00818. The van der Waals surface area contributed by atoms with Crippen LogP contribution in [0.4, 0.5) is 0 Å². The molecule has 124 valence electrons. The average molecular weight is 327 g/mol. The van der Waals surface area contributed by atoms with Gasteiger partial charge >= 0.3 is 0 Å². The highest BCUT2D eigenvalue weighted by Crippen LogP contribution is 2.44. The van der Waals surface area contributed by atoms with E-state index in [-0.39, 0.29) is 11.8 Å². The molecule has 0 fully saturated rings. The van der Waals surface area contributed by atoms with E-state index >= 15 is 0 Å². The lowest BCUT2D eigenvalue weighted by Crippen LogP contribution is -2.35. The number of hydrogen-bond donors (Lipinski definition) is 0. The second-order valence-corrected chi connectivity index (χ2v) is 6.77. The van der Waals surface area contributed by atoms with Gasteiger partial charge in [-0.3, -0.25) is 4.79 Å². The molecule has 0 saturated heterocycles. The summed E-state index contributed by atoms with van der Waals surface area (Å²) in [4.78, 5) is 14.0. The third-order valence-electron chi connectivity index (χ3n) is 5.04. The summed E-state index contributed by atoms with van der Waals surface area (Å²) in [6, 6.07) is 25.3. The Morgan fingerprint density at radius 3 is 2.16 bits per heavy atom. The van der Waals surface area contributed by atoms with Crippen molar-refractivity contribution in [1.29, 1.82) is 0 Å². The van der Waals surface area contributed by atoms with Gasteiger partial charge in [0, 0.05) is 14.1 Å². The molecule has 0 spiro atoms. The van der Waals surface area contributed by atoms with Crippen LogP contribution in [0.5, 0.6) is 0 Å². The van der Waals surface area contributed by atoms with Crippen molar-refractivity contribution < 1.29 is 4.79 Å². The summed E-state index contributed by atoms with van der Waals surface area (Å²) in [6.07, 6.45) is 0.825. The maximum absolute atomic E-state index is 12.3. The Morgan fingerprint density at radius 2 is 1.44 bits per heavy atom. The lowest BCUT2D eigenvalue weighted by atomic mass is 9.73. The van der Waals surface area contributed by atoms with Crippen LogP contribution < -0.4 is 0 Å². The van der Waals surface area contributed by atoms with Gasteiger partial charge in [-0.2, -0.15) is 0 Å². The number of carbonyl (C=O) groups is 1. The van der Waals surface area contributed by atoms with Crippen LogP contribution in [0.25, 0.3) is 22.3 Å². The molecule has 25 heavy (non-hydrogen) atoms. The Balaban J connectivity index is 1.80. The van der Waals surface area contributed by atoms with E-state index in [2.05, 4.69) is 66.7 Å². The second-order valence-electron chi connectivity index (χ2n) is 6.77. The van der Waals surface area contributed by atoms with Gasteiger partial charge in [-0.25, -0.2) is 0 Å². The van der Waals surface area contributed by atoms with Crippen LogP contribution in [-0.4, -0.2) is 24.9 Å². The summed E-state index contributed by atoms with van der Waals surface area (Å²) in [5.41, 5.74) is 7.43. The fourth-order valence-electron chi connectivity index (χ4n) is 3.71. The highest BCUT2D eigenvalue weighted by molar-refractivity contribution is 5.91. The van der Waals surface area contributed by atoms with Crippen molar-refractivity contribution >= 4 is 5.91 Å². The predicted octanol–water partition coefficient (Wildman–Crippen LogP) is 4.75. The van der Waals surface area contributed by atoms with Gasteiger partial charge < -0.3 is 4.90 Å². The molecule has 0 saturated carbocycles. The number of hydrogen-bond acceptors (Lipinski definition) is 1. The molecular formula is C23H21NO. The average Bonchev–Trinajstić information content (AvgIpc) is 2.63. The zero-order valence-corrected chi connectivity index (χ0v) is 14.6. The SMILES string of the molecule is CN(C)C(=O)C1Cc2c(-c3ccccc3-c3ccccc3)cccc21. The molecule has 1 aliphatic rings. The largest absolute Gasteiger partial charge is 0.348 e. The van der Waals surface area contributed by atoms with Gasteiger partial charge in [0.05, 0.1) is 5.92 Å². The third-order valence-corrected chi connectivity index (χ3v) is 5.04. The molecule has 1 atom stereocenters. The number of fused-ring (bicyclic) bond motifs is 1.